The minimum Gasteiger partial charge on any atom is -0.505 e. The number of phenols is 2. The third kappa shape index (κ3) is 10.3. The number of aryl methyl sites for hydroxylation is 2. The number of phenolic OH excluding ortho intramolecular Hbond substituents is 2. The molecule has 6 aromatic carbocycles. The van der Waals surface area contributed by atoms with Gasteiger partial charge in [-0.3, -0.25) is 9.59 Å². The van der Waals surface area contributed by atoms with E-state index in [1.165, 1.54) is 22.6 Å². The first-order valence-electron chi connectivity index (χ1n) is 25.1. The summed E-state index contributed by atoms with van der Waals surface area (Å²) in [5.74, 6) is -7.74. The summed E-state index contributed by atoms with van der Waals surface area (Å²) in [6.45, 7) is 18.5. The van der Waals surface area contributed by atoms with Crippen LogP contribution in [0.25, 0.3) is 39.5 Å². The molecule has 2 aliphatic heterocycles. The SMILES string of the molecule is CCN(CC)c1ccc(C2(C)OC(=O)C(=Cc3cc(C)cc(-n4nc5ccccc5n4)c3O)C(=O)O2)cc1.CCN(CC)c1ccc(C2(C)OC(=O)C(Cc3cc(C)cc(-n4nc5ccccc5n4)c3O)C(=O)O2)cc1. The van der Waals surface area contributed by atoms with Crippen LogP contribution in [0, 0.1) is 19.8 Å². The van der Waals surface area contributed by atoms with E-state index in [9.17, 15) is 29.4 Å². The highest BCUT2D eigenvalue weighted by Crippen LogP contribution is 2.39. The number of rotatable bonds is 13. The normalized spacial score (nSPS) is 18.3. The number of cyclic esters (lactones) is 4. The van der Waals surface area contributed by atoms with Crippen LogP contribution < -0.4 is 9.80 Å². The first-order chi connectivity index (χ1) is 36.4. The maximum absolute atomic E-state index is 13.1. The number of ether oxygens (including phenoxy) is 4. The van der Waals surface area contributed by atoms with E-state index in [4.69, 9.17) is 18.9 Å². The Bertz CT molecular complexity index is 3440. The van der Waals surface area contributed by atoms with Crippen LogP contribution in [-0.4, -0.2) is 90.3 Å². The summed E-state index contributed by atoms with van der Waals surface area (Å²) in [6.07, 6.45) is 1.18. The van der Waals surface area contributed by atoms with E-state index in [1.807, 2.05) is 86.6 Å². The van der Waals surface area contributed by atoms with Crippen LogP contribution >= 0.6 is 0 Å². The number of carbonyl (C=O) groups is 4. The quantitative estimate of drug-likeness (QED) is 0.0477. The smallest absolute Gasteiger partial charge is 0.349 e. The fourth-order valence-corrected chi connectivity index (χ4v) is 9.36. The second kappa shape index (κ2) is 21.0. The number of nitrogens with zero attached hydrogens (tertiary/aromatic N) is 8. The molecule has 2 aliphatic rings. The molecule has 2 aromatic heterocycles. The molecule has 0 saturated carbocycles. The lowest BCUT2D eigenvalue weighted by molar-refractivity contribution is -0.251. The zero-order valence-corrected chi connectivity index (χ0v) is 43.5. The molecule has 2 fully saturated rings. The van der Waals surface area contributed by atoms with Crippen LogP contribution in [-0.2, 0) is 56.1 Å². The Morgan fingerprint density at radius 2 is 0.921 bits per heavy atom. The van der Waals surface area contributed by atoms with Gasteiger partial charge in [0.05, 0.1) is 0 Å². The third-order valence-electron chi connectivity index (χ3n) is 13.5. The number of aromatic hydroxyl groups is 2. The largest absolute Gasteiger partial charge is 0.505 e. The highest BCUT2D eigenvalue weighted by Gasteiger charge is 2.48. The van der Waals surface area contributed by atoms with Crippen molar-refractivity contribution in [3.05, 3.63) is 160 Å². The summed E-state index contributed by atoms with van der Waals surface area (Å²) in [4.78, 5) is 59.3. The van der Waals surface area contributed by atoms with E-state index < -0.39 is 41.4 Å². The number of benzene rings is 6. The van der Waals surface area contributed by atoms with Crippen molar-refractivity contribution < 1.29 is 48.3 Å². The van der Waals surface area contributed by atoms with Crippen molar-refractivity contribution in [3.63, 3.8) is 0 Å². The molecule has 10 rings (SSSR count). The molecular weight excluding hydrogens is 969 g/mol. The molecule has 4 heterocycles. The van der Waals surface area contributed by atoms with Gasteiger partial charge in [0.25, 0.3) is 11.6 Å². The molecule has 390 valence electrons. The number of hydrogen-bond donors (Lipinski definition) is 2. The Balaban J connectivity index is 0.000000186. The number of hydrogen-bond acceptors (Lipinski definition) is 16. The zero-order chi connectivity index (χ0) is 54.1. The fourth-order valence-electron chi connectivity index (χ4n) is 9.36. The van der Waals surface area contributed by atoms with Crippen molar-refractivity contribution in [1.82, 2.24) is 30.0 Å². The minimum atomic E-state index is -1.58. The number of esters is 4. The topological polar surface area (TPSA) is 214 Å². The van der Waals surface area contributed by atoms with Crippen LogP contribution in [0.1, 0.15) is 74.9 Å². The summed E-state index contributed by atoms with van der Waals surface area (Å²) >= 11 is 0. The minimum absolute atomic E-state index is 0.0874. The van der Waals surface area contributed by atoms with E-state index in [1.54, 1.807) is 55.5 Å². The van der Waals surface area contributed by atoms with Gasteiger partial charge in [-0.25, -0.2) is 9.59 Å². The molecule has 0 bridgehead atoms. The van der Waals surface area contributed by atoms with Crippen LogP contribution in [0.4, 0.5) is 11.4 Å². The average molecular weight is 1030 g/mol. The lowest BCUT2D eigenvalue weighted by atomic mass is 9.95. The summed E-state index contributed by atoms with van der Waals surface area (Å²) in [5, 5.41) is 39.8. The maximum atomic E-state index is 13.1. The molecule has 18 nitrogen and oxygen atoms in total. The molecule has 18 heteroatoms. The van der Waals surface area contributed by atoms with Crippen molar-refractivity contribution in [2.75, 3.05) is 36.0 Å². The molecule has 0 radical (unpaired) electrons. The highest BCUT2D eigenvalue weighted by molar-refractivity contribution is 6.19. The Labute approximate surface area is 438 Å². The Kier molecular flexibility index (Phi) is 14.4. The maximum Gasteiger partial charge on any atom is 0.349 e. The molecule has 0 amide bonds. The van der Waals surface area contributed by atoms with E-state index in [0.717, 1.165) is 48.7 Å². The molecule has 2 N–H and O–H groups in total. The Morgan fingerprint density at radius 1 is 0.539 bits per heavy atom. The van der Waals surface area contributed by atoms with Crippen molar-refractivity contribution in [2.45, 2.75) is 73.4 Å². The molecule has 76 heavy (non-hydrogen) atoms. The monoisotopic (exact) mass is 1030 g/mol. The van der Waals surface area contributed by atoms with Crippen LogP contribution in [0.5, 0.6) is 11.5 Å². The summed E-state index contributed by atoms with van der Waals surface area (Å²) in [5.41, 5.74) is 8.37. The van der Waals surface area contributed by atoms with Gasteiger partial charge in [0.2, 0.25) is 0 Å². The lowest BCUT2D eigenvalue weighted by Crippen LogP contribution is -2.47. The first kappa shape index (κ1) is 51.8. The van der Waals surface area contributed by atoms with E-state index in [0.29, 0.717) is 50.1 Å². The first-order valence-corrected chi connectivity index (χ1v) is 25.1. The second-order valence-corrected chi connectivity index (χ2v) is 18.7. The molecule has 2 saturated heterocycles. The molecule has 0 atom stereocenters. The van der Waals surface area contributed by atoms with E-state index >= 15 is 0 Å². The number of fused-ring (bicyclic) bond motifs is 2. The summed E-state index contributed by atoms with van der Waals surface area (Å²) < 4.78 is 22.6. The van der Waals surface area contributed by atoms with Gasteiger partial charge in [-0.1, -0.05) is 30.3 Å². The predicted octanol–water partition coefficient (Wildman–Crippen LogP) is 9.05. The van der Waals surface area contributed by atoms with Crippen LogP contribution in [0.2, 0.25) is 0 Å². The third-order valence-corrected chi connectivity index (χ3v) is 13.5. The fraction of sp³-hybridized carbons (Fsp3) is 0.276. The van der Waals surface area contributed by atoms with Crippen LogP contribution in [0.15, 0.2) is 127 Å². The van der Waals surface area contributed by atoms with Gasteiger partial charge in [-0.2, -0.15) is 0 Å². The van der Waals surface area contributed by atoms with Gasteiger partial charge >= 0.3 is 23.9 Å². The van der Waals surface area contributed by atoms with E-state index in [-0.39, 0.29) is 29.1 Å². The van der Waals surface area contributed by atoms with Gasteiger partial charge in [0.1, 0.15) is 50.5 Å². The summed E-state index contributed by atoms with van der Waals surface area (Å²) in [7, 11) is 0. The Morgan fingerprint density at radius 3 is 1.33 bits per heavy atom. The standard InChI is InChI=1S/C29H30N4O5.C29H28N4O5/c2*1-5-32(6-2)21-13-11-20(12-14-21)29(4)37-27(35)22(28(36)38-29)17-19-15-18(3)16-25(26(19)34)33-30-23-9-7-8-10-24(23)31-33/h7-16,22,34H,5-6,17H2,1-4H3;7-17,34H,5-6H2,1-4H3. The van der Waals surface area contributed by atoms with Gasteiger partial charge < -0.3 is 39.0 Å². The van der Waals surface area contributed by atoms with E-state index in [2.05, 4.69) is 57.9 Å². The van der Waals surface area contributed by atoms with Gasteiger partial charge in [-0.05, 0) is 155 Å². The lowest BCUT2D eigenvalue weighted by Gasteiger charge is -2.36. The van der Waals surface area contributed by atoms with Crippen LogP contribution in [0.3, 0.4) is 0 Å². The Hall–Kier alpha value is -9.06. The van der Waals surface area contributed by atoms with Crippen molar-refractivity contribution in [1.29, 1.82) is 0 Å². The average Bonchev–Trinajstić information content (AvgIpc) is 4.04. The predicted molar refractivity (Wildman–Crippen MR) is 285 cm³/mol. The van der Waals surface area contributed by atoms with Crippen molar-refractivity contribution in [2.24, 2.45) is 5.92 Å². The molecule has 8 aromatic rings. The van der Waals surface area contributed by atoms with Crippen molar-refractivity contribution >= 4 is 63.4 Å². The van der Waals surface area contributed by atoms with Gasteiger partial charge in [0, 0.05) is 74.5 Å². The number of carbonyl (C=O) groups excluding carboxylic acids is 4. The molecular formula is C58H58N8O10. The molecule has 0 aliphatic carbocycles. The number of anilines is 2. The zero-order valence-electron chi connectivity index (χ0n) is 43.5. The highest BCUT2D eigenvalue weighted by atomic mass is 16.8. The molecule has 0 unspecified atom stereocenters. The van der Waals surface area contributed by atoms with Gasteiger partial charge in [-0.15, -0.1) is 30.0 Å². The number of aromatic nitrogens is 6. The van der Waals surface area contributed by atoms with Crippen molar-refractivity contribution in [3.8, 4) is 22.9 Å². The second-order valence-electron chi connectivity index (χ2n) is 18.7. The molecule has 0 spiro atoms. The van der Waals surface area contributed by atoms with Gasteiger partial charge in [0.15, 0.2) is 5.92 Å². The summed E-state index contributed by atoms with van der Waals surface area (Å²) in [6, 6.07) is 36.3.